The van der Waals surface area contributed by atoms with Gasteiger partial charge in [0.1, 0.15) is 5.82 Å². The normalized spacial score (nSPS) is 11.1. The van der Waals surface area contributed by atoms with E-state index < -0.39 is 0 Å². The first-order valence-corrected chi connectivity index (χ1v) is 10.4. The molecule has 0 bridgehead atoms. The maximum Gasteiger partial charge on any atom is 0.258 e. The lowest BCUT2D eigenvalue weighted by molar-refractivity contribution is -0.116. The smallest absolute Gasteiger partial charge is 0.258 e. The minimum Gasteiger partial charge on any atom is -0.326 e. The Kier molecular flexibility index (Phi) is 5.21. The van der Waals surface area contributed by atoms with Crippen molar-refractivity contribution in [2.45, 2.75) is 19.4 Å². The first-order chi connectivity index (χ1) is 15.7. The van der Waals surface area contributed by atoms with E-state index in [1.807, 2.05) is 60.9 Å². The van der Waals surface area contributed by atoms with Crippen LogP contribution in [-0.4, -0.2) is 25.4 Å². The Morgan fingerprint density at radius 1 is 0.969 bits per heavy atom. The molecule has 0 atom stereocenters. The standard InChI is InChI=1S/C25H21N5O2/c31-24(13-12-23-28-20-9-2-1-8-19(20)25(32)29-23)27-18-7-5-6-17(14-18)15-30-16-26-21-10-3-4-11-22(21)30/h1-11,14,16H,12-13,15H2,(H,27,31)(H,28,29,32). The number of hydrogen-bond acceptors (Lipinski definition) is 4. The molecule has 0 radical (unpaired) electrons. The predicted octanol–water partition coefficient (Wildman–Crippen LogP) is 3.89. The number of aryl methyl sites for hydroxylation is 1. The van der Waals surface area contributed by atoms with Gasteiger partial charge < -0.3 is 14.9 Å². The summed E-state index contributed by atoms with van der Waals surface area (Å²) in [6, 6.07) is 22.9. The van der Waals surface area contributed by atoms with Gasteiger partial charge in [-0.05, 0) is 42.0 Å². The summed E-state index contributed by atoms with van der Waals surface area (Å²) >= 11 is 0. The second kappa shape index (κ2) is 8.47. The van der Waals surface area contributed by atoms with Crippen molar-refractivity contribution in [2.24, 2.45) is 0 Å². The number of aromatic nitrogens is 4. The molecular formula is C25H21N5O2. The summed E-state index contributed by atoms with van der Waals surface area (Å²) in [6.45, 7) is 0.659. The number of aromatic amines is 1. The number of amides is 1. The van der Waals surface area contributed by atoms with Crippen LogP contribution in [0, 0.1) is 0 Å². The molecule has 0 aliphatic carbocycles. The Balaban J connectivity index is 1.24. The second-order valence-electron chi connectivity index (χ2n) is 7.64. The van der Waals surface area contributed by atoms with Gasteiger partial charge in [0.05, 0.1) is 28.3 Å². The highest BCUT2D eigenvalue weighted by Crippen LogP contribution is 2.17. The van der Waals surface area contributed by atoms with Gasteiger partial charge in [0.2, 0.25) is 5.91 Å². The number of imidazole rings is 1. The first-order valence-electron chi connectivity index (χ1n) is 10.4. The summed E-state index contributed by atoms with van der Waals surface area (Å²) in [4.78, 5) is 36.3. The van der Waals surface area contributed by atoms with Crippen LogP contribution in [0.25, 0.3) is 21.9 Å². The lowest BCUT2D eigenvalue weighted by Crippen LogP contribution is -2.16. The summed E-state index contributed by atoms with van der Waals surface area (Å²) in [5.41, 5.74) is 4.26. The molecule has 0 spiro atoms. The van der Waals surface area contributed by atoms with Gasteiger partial charge in [-0.25, -0.2) is 9.97 Å². The van der Waals surface area contributed by atoms with E-state index in [9.17, 15) is 9.59 Å². The van der Waals surface area contributed by atoms with E-state index >= 15 is 0 Å². The van der Waals surface area contributed by atoms with Crippen molar-refractivity contribution in [1.29, 1.82) is 0 Å². The summed E-state index contributed by atoms with van der Waals surface area (Å²) in [6.07, 6.45) is 2.40. The van der Waals surface area contributed by atoms with Crippen molar-refractivity contribution in [3.8, 4) is 0 Å². The van der Waals surface area contributed by atoms with Gasteiger partial charge in [-0.1, -0.05) is 36.4 Å². The van der Waals surface area contributed by atoms with Crippen molar-refractivity contribution in [3.05, 3.63) is 101 Å². The van der Waals surface area contributed by atoms with Gasteiger partial charge in [-0.15, -0.1) is 0 Å². The van der Waals surface area contributed by atoms with Gasteiger partial charge in [0, 0.05) is 25.1 Å². The molecule has 0 aliphatic rings. The van der Waals surface area contributed by atoms with Crippen LogP contribution in [-0.2, 0) is 17.8 Å². The minimum atomic E-state index is -0.189. The van der Waals surface area contributed by atoms with Crippen LogP contribution in [0.3, 0.4) is 0 Å². The van der Waals surface area contributed by atoms with Crippen LogP contribution >= 0.6 is 0 Å². The highest BCUT2D eigenvalue weighted by Gasteiger charge is 2.08. The van der Waals surface area contributed by atoms with Gasteiger partial charge in [-0.3, -0.25) is 9.59 Å². The number of H-pyrrole nitrogens is 1. The predicted molar refractivity (Wildman–Crippen MR) is 125 cm³/mol. The highest BCUT2D eigenvalue weighted by molar-refractivity contribution is 5.91. The maximum atomic E-state index is 12.5. The van der Waals surface area contributed by atoms with E-state index in [0.717, 1.165) is 22.3 Å². The molecule has 5 rings (SSSR count). The number of benzene rings is 3. The molecule has 0 unspecified atom stereocenters. The number of para-hydroxylation sites is 3. The second-order valence-corrected chi connectivity index (χ2v) is 7.64. The SMILES string of the molecule is O=C(CCc1nc2ccccc2c(=O)[nH]1)Nc1cccc(Cn2cnc3ccccc32)c1. The number of carbonyl (C=O) groups is 1. The Bertz CT molecular complexity index is 1480. The fourth-order valence-corrected chi connectivity index (χ4v) is 3.79. The molecule has 0 saturated heterocycles. The largest absolute Gasteiger partial charge is 0.326 e. The Morgan fingerprint density at radius 2 is 1.78 bits per heavy atom. The van der Waals surface area contributed by atoms with Gasteiger partial charge in [0.25, 0.3) is 5.56 Å². The van der Waals surface area contributed by atoms with Crippen LogP contribution in [0.5, 0.6) is 0 Å². The fraction of sp³-hybridized carbons (Fsp3) is 0.120. The molecule has 0 aliphatic heterocycles. The van der Waals surface area contributed by atoms with Crippen molar-refractivity contribution >= 4 is 33.5 Å². The van der Waals surface area contributed by atoms with Crippen molar-refractivity contribution < 1.29 is 4.79 Å². The van der Waals surface area contributed by atoms with Crippen molar-refractivity contribution in [1.82, 2.24) is 19.5 Å². The van der Waals surface area contributed by atoms with Crippen molar-refractivity contribution in [2.75, 3.05) is 5.32 Å². The topological polar surface area (TPSA) is 92.7 Å². The molecule has 0 fully saturated rings. The Hall–Kier alpha value is -4.26. The van der Waals surface area contributed by atoms with Crippen molar-refractivity contribution in [3.63, 3.8) is 0 Å². The molecule has 32 heavy (non-hydrogen) atoms. The van der Waals surface area contributed by atoms with Crippen LogP contribution in [0.1, 0.15) is 17.8 Å². The third-order valence-corrected chi connectivity index (χ3v) is 5.34. The number of hydrogen-bond donors (Lipinski definition) is 2. The number of anilines is 1. The van der Waals surface area contributed by atoms with E-state index in [-0.39, 0.29) is 17.9 Å². The molecule has 7 nitrogen and oxygen atoms in total. The zero-order valence-electron chi connectivity index (χ0n) is 17.3. The Morgan fingerprint density at radius 3 is 2.69 bits per heavy atom. The molecule has 5 aromatic rings. The monoisotopic (exact) mass is 423 g/mol. The first kappa shape index (κ1) is 19.7. The van der Waals surface area contributed by atoms with Crippen LogP contribution in [0.2, 0.25) is 0 Å². The quantitative estimate of drug-likeness (QED) is 0.433. The molecule has 2 N–H and O–H groups in total. The van der Waals surface area contributed by atoms with E-state index in [4.69, 9.17) is 0 Å². The minimum absolute atomic E-state index is 0.133. The number of carbonyl (C=O) groups excluding carboxylic acids is 1. The van der Waals surface area contributed by atoms with Crippen LogP contribution in [0.4, 0.5) is 5.69 Å². The molecule has 158 valence electrons. The van der Waals surface area contributed by atoms with E-state index in [0.29, 0.717) is 29.7 Å². The summed E-state index contributed by atoms with van der Waals surface area (Å²) in [5.74, 6) is 0.371. The maximum absolute atomic E-state index is 12.5. The zero-order valence-corrected chi connectivity index (χ0v) is 17.3. The molecule has 3 aromatic carbocycles. The molecule has 7 heteroatoms. The lowest BCUT2D eigenvalue weighted by atomic mass is 10.2. The molecule has 0 saturated carbocycles. The zero-order chi connectivity index (χ0) is 21.9. The third-order valence-electron chi connectivity index (χ3n) is 5.34. The van der Waals surface area contributed by atoms with Gasteiger partial charge >= 0.3 is 0 Å². The molecule has 2 heterocycles. The van der Waals surface area contributed by atoms with E-state index in [1.165, 1.54) is 0 Å². The number of rotatable bonds is 6. The number of nitrogens with zero attached hydrogens (tertiary/aromatic N) is 3. The number of nitrogens with one attached hydrogen (secondary N) is 2. The summed E-state index contributed by atoms with van der Waals surface area (Å²) in [5, 5.41) is 3.48. The van der Waals surface area contributed by atoms with Crippen LogP contribution in [0.15, 0.2) is 83.9 Å². The molecule has 1 amide bonds. The average Bonchev–Trinajstić information content (AvgIpc) is 3.21. The molecular weight excluding hydrogens is 402 g/mol. The molecule has 2 aromatic heterocycles. The van der Waals surface area contributed by atoms with E-state index in [2.05, 4.69) is 24.8 Å². The highest BCUT2D eigenvalue weighted by atomic mass is 16.1. The third kappa shape index (κ3) is 4.13. The summed E-state index contributed by atoms with van der Waals surface area (Å²) in [7, 11) is 0. The van der Waals surface area contributed by atoms with Crippen LogP contribution < -0.4 is 10.9 Å². The average molecular weight is 423 g/mol. The van der Waals surface area contributed by atoms with Gasteiger partial charge in [0.15, 0.2) is 0 Å². The Labute approximate surface area is 183 Å². The number of fused-ring (bicyclic) bond motifs is 2. The van der Waals surface area contributed by atoms with Gasteiger partial charge in [-0.2, -0.15) is 0 Å². The fourth-order valence-electron chi connectivity index (χ4n) is 3.79. The summed E-state index contributed by atoms with van der Waals surface area (Å²) < 4.78 is 2.08. The van der Waals surface area contributed by atoms with E-state index in [1.54, 1.807) is 18.2 Å². The lowest BCUT2D eigenvalue weighted by Gasteiger charge is -2.09.